The lowest BCUT2D eigenvalue weighted by Crippen LogP contribution is -2.14. The number of nitrogens with one attached hydrogen (secondary N) is 1. The molecular weight excluding hydrogens is 339 g/mol. The molecule has 3 nitrogen and oxygen atoms in total. The first-order valence-corrected chi connectivity index (χ1v) is 6.71. The zero-order chi connectivity index (χ0) is 13.3. The van der Waals surface area contributed by atoms with Crippen LogP contribution in [0.15, 0.2) is 27.5 Å². The number of benzene rings is 1. The van der Waals surface area contributed by atoms with Gasteiger partial charge in [-0.05, 0) is 40.5 Å². The number of rotatable bonds is 2. The van der Waals surface area contributed by atoms with E-state index in [1.165, 1.54) is 0 Å². The Balaban J connectivity index is 2.37. The van der Waals surface area contributed by atoms with Crippen LogP contribution in [0.25, 0.3) is 0 Å². The summed E-state index contributed by atoms with van der Waals surface area (Å²) < 4.78 is 0.452. The smallest absolute Gasteiger partial charge is 0.265 e. The van der Waals surface area contributed by atoms with E-state index in [0.29, 0.717) is 32.5 Å². The molecule has 0 aliphatic rings. The Bertz CT molecular complexity index is 655. The average Bonchev–Trinajstić information content (AvgIpc) is 2.29. The van der Waals surface area contributed by atoms with Gasteiger partial charge >= 0.3 is 0 Å². The van der Waals surface area contributed by atoms with Gasteiger partial charge in [0, 0.05) is 16.5 Å². The molecule has 0 radical (unpaired) electrons. The van der Waals surface area contributed by atoms with Gasteiger partial charge in [0.25, 0.3) is 5.56 Å². The molecule has 1 aromatic heterocycles. The Labute approximate surface area is 122 Å². The number of halogens is 3. The van der Waals surface area contributed by atoms with Crippen LogP contribution < -0.4 is 5.56 Å². The van der Waals surface area contributed by atoms with Gasteiger partial charge in [0.2, 0.25) is 0 Å². The van der Waals surface area contributed by atoms with Crippen LogP contribution in [0.5, 0.6) is 0 Å². The monoisotopic (exact) mass is 346 g/mol. The van der Waals surface area contributed by atoms with Gasteiger partial charge in [-0.2, -0.15) is 0 Å². The van der Waals surface area contributed by atoms with Gasteiger partial charge in [-0.15, -0.1) is 0 Å². The van der Waals surface area contributed by atoms with Crippen molar-refractivity contribution in [3.8, 4) is 0 Å². The van der Waals surface area contributed by atoms with Crippen LogP contribution >= 0.6 is 39.1 Å². The largest absolute Gasteiger partial charge is 0.309 e. The molecule has 0 amide bonds. The molecule has 6 heteroatoms. The number of H-pyrrole nitrogens is 1. The summed E-state index contributed by atoms with van der Waals surface area (Å²) in [6.45, 7) is 1.77. The normalized spacial score (nSPS) is 10.7. The van der Waals surface area contributed by atoms with Crippen molar-refractivity contribution in [2.75, 3.05) is 0 Å². The molecule has 0 spiro atoms. The van der Waals surface area contributed by atoms with E-state index >= 15 is 0 Å². The second-order valence-electron chi connectivity index (χ2n) is 3.82. The predicted molar refractivity (Wildman–Crippen MR) is 76.6 cm³/mol. The second-order valence-corrected chi connectivity index (χ2v) is 5.46. The number of aryl methyl sites for hydroxylation is 1. The summed E-state index contributed by atoms with van der Waals surface area (Å²) in [5.41, 5.74) is 1.33. The van der Waals surface area contributed by atoms with Gasteiger partial charge in [0.15, 0.2) is 0 Å². The maximum Gasteiger partial charge on any atom is 0.265 e. The summed E-state index contributed by atoms with van der Waals surface area (Å²) in [6.07, 6.45) is 0.458. The second kappa shape index (κ2) is 5.43. The molecule has 94 valence electrons. The average molecular weight is 348 g/mol. The maximum absolute atomic E-state index is 11.6. The number of hydrogen-bond acceptors (Lipinski definition) is 2. The summed E-state index contributed by atoms with van der Waals surface area (Å²) in [7, 11) is 0. The maximum atomic E-state index is 11.6. The van der Waals surface area contributed by atoms with Crippen LogP contribution in [0.3, 0.4) is 0 Å². The van der Waals surface area contributed by atoms with Crippen LogP contribution in [0.4, 0.5) is 0 Å². The fourth-order valence-corrected chi connectivity index (χ4v) is 2.22. The summed E-state index contributed by atoms with van der Waals surface area (Å²) in [4.78, 5) is 18.6. The summed E-state index contributed by atoms with van der Waals surface area (Å²) in [6, 6.07) is 5.25. The van der Waals surface area contributed by atoms with Crippen LogP contribution in [0, 0.1) is 6.92 Å². The lowest BCUT2D eigenvalue weighted by atomic mass is 10.1. The minimum atomic E-state index is -0.192. The minimum absolute atomic E-state index is 0.192. The van der Waals surface area contributed by atoms with Gasteiger partial charge in [-0.25, -0.2) is 4.98 Å². The molecule has 2 aromatic rings. The third-order valence-corrected chi connectivity index (χ3v) is 3.97. The van der Waals surface area contributed by atoms with Gasteiger partial charge in [-0.1, -0.05) is 29.3 Å². The highest BCUT2D eigenvalue weighted by Gasteiger charge is 2.08. The van der Waals surface area contributed by atoms with E-state index in [4.69, 9.17) is 23.2 Å². The van der Waals surface area contributed by atoms with Crippen molar-refractivity contribution in [3.05, 3.63) is 60.2 Å². The first kappa shape index (κ1) is 13.6. The molecule has 1 aromatic carbocycles. The van der Waals surface area contributed by atoms with E-state index in [9.17, 15) is 4.79 Å². The highest BCUT2D eigenvalue weighted by molar-refractivity contribution is 9.10. The van der Waals surface area contributed by atoms with E-state index in [0.717, 1.165) is 5.56 Å². The third kappa shape index (κ3) is 2.94. The first-order chi connectivity index (χ1) is 8.47. The highest BCUT2D eigenvalue weighted by Crippen LogP contribution is 2.22. The van der Waals surface area contributed by atoms with Crippen LogP contribution in [-0.4, -0.2) is 9.97 Å². The van der Waals surface area contributed by atoms with Gasteiger partial charge in [-0.3, -0.25) is 4.79 Å². The molecule has 0 saturated carbocycles. The first-order valence-electron chi connectivity index (χ1n) is 5.16. The lowest BCUT2D eigenvalue weighted by Gasteiger charge is -2.06. The van der Waals surface area contributed by atoms with E-state index in [1.54, 1.807) is 19.1 Å². The van der Waals surface area contributed by atoms with Crippen LogP contribution in [0.1, 0.15) is 17.1 Å². The molecule has 18 heavy (non-hydrogen) atoms. The molecule has 0 fully saturated rings. The van der Waals surface area contributed by atoms with Crippen molar-refractivity contribution in [1.29, 1.82) is 0 Å². The molecule has 0 aliphatic carbocycles. The van der Waals surface area contributed by atoms with Crippen molar-refractivity contribution < 1.29 is 0 Å². The molecule has 1 heterocycles. The van der Waals surface area contributed by atoms with Crippen molar-refractivity contribution in [3.63, 3.8) is 0 Å². The quantitative estimate of drug-likeness (QED) is 0.899. The minimum Gasteiger partial charge on any atom is -0.309 e. The fraction of sp³-hybridized carbons (Fsp3) is 0.167. The highest BCUT2D eigenvalue weighted by atomic mass is 79.9. The molecule has 0 saturated heterocycles. The third-order valence-electron chi connectivity index (χ3n) is 2.45. The number of aromatic amines is 1. The van der Waals surface area contributed by atoms with E-state index in [2.05, 4.69) is 25.9 Å². The Morgan fingerprint density at radius 2 is 2.11 bits per heavy atom. The van der Waals surface area contributed by atoms with Gasteiger partial charge in [0.05, 0.1) is 5.69 Å². The molecule has 0 bridgehead atoms. The molecule has 0 aliphatic heterocycles. The van der Waals surface area contributed by atoms with Crippen molar-refractivity contribution in [2.45, 2.75) is 13.3 Å². The van der Waals surface area contributed by atoms with Crippen molar-refractivity contribution in [2.24, 2.45) is 0 Å². The standard InChI is InChI=1S/C12H9BrCl2N2O/c1-6-11(13)12(18)17-10(16-6)4-7-2-3-8(14)5-9(7)15/h2-3,5H,4H2,1H3,(H,16,17,18). The number of nitrogens with zero attached hydrogens (tertiary/aromatic N) is 1. The zero-order valence-corrected chi connectivity index (χ0v) is 12.5. The molecule has 0 unspecified atom stereocenters. The number of hydrogen-bond donors (Lipinski definition) is 1. The Kier molecular flexibility index (Phi) is 4.10. The van der Waals surface area contributed by atoms with E-state index in [-0.39, 0.29) is 5.56 Å². The fourth-order valence-electron chi connectivity index (χ4n) is 1.56. The molecular formula is C12H9BrCl2N2O. The molecule has 1 N–H and O–H groups in total. The Morgan fingerprint density at radius 1 is 1.39 bits per heavy atom. The summed E-state index contributed by atoms with van der Waals surface area (Å²) in [5, 5.41) is 1.14. The van der Waals surface area contributed by atoms with E-state index < -0.39 is 0 Å². The van der Waals surface area contributed by atoms with Gasteiger partial charge < -0.3 is 4.98 Å². The summed E-state index contributed by atoms with van der Waals surface area (Å²) in [5.74, 6) is 0.574. The van der Waals surface area contributed by atoms with Crippen molar-refractivity contribution in [1.82, 2.24) is 9.97 Å². The Morgan fingerprint density at radius 3 is 2.72 bits per heavy atom. The molecule has 0 atom stereocenters. The van der Waals surface area contributed by atoms with Crippen LogP contribution in [-0.2, 0) is 6.42 Å². The van der Waals surface area contributed by atoms with Gasteiger partial charge in [0.1, 0.15) is 10.3 Å². The SMILES string of the molecule is Cc1nc(Cc2ccc(Cl)cc2Cl)[nH]c(=O)c1Br. The van der Waals surface area contributed by atoms with Crippen LogP contribution in [0.2, 0.25) is 10.0 Å². The summed E-state index contributed by atoms with van der Waals surface area (Å²) >= 11 is 15.1. The van der Waals surface area contributed by atoms with Crippen molar-refractivity contribution >= 4 is 39.1 Å². The zero-order valence-electron chi connectivity index (χ0n) is 9.43. The molecule has 2 rings (SSSR count). The topological polar surface area (TPSA) is 45.8 Å². The predicted octanol–water partition coefficient (Wildman–Crippen LogP) is 3.74. The Hall–Kier alpha value is -0.840. The lowest BCUT2D eigenvalue weighted by molar-refractivity contribution is 0.911. The van der Waals surface area contributed by atoms with E-state index in [1.807, 2.05) is 6.07 Å². The number of aromatic nitrogens is 2.